The van der Waals surface area contributed by atoms with Gasteiger partial charge in [0.2, 0.25) is 0 Å². The van der Waals surface area contributed by atoms with Gasteiger partial charge in [-0.15, -0.1) is 0 Å². The Labute approximate surface area is 115 Å². The summed E-state index contributed by atoms with van der Waals surface area (Å²) in [6.45, 7) is 15.4. The van der Waals surface area contributed by atoms with E-state index in [0.717, 1.165) is 12.5 Å². The second-order valence-corrected chi connectivity index (χ2v) is 6.49. The van der Waals surface area contributed by atoms with Crippen molar-refractivity contribution in [3.05, 3.63) is 0 Å². The molecule has 1 saturated heterocycles. The van der Waals surface area contributed by atoms with E-state index in [0.29, 0.717) is 11.6 Å². The Balaban J connectivity index is 2.70. The first-order chi connectivity index (χ1) is 8.54. The third kappa shape index (κ3) is 3.96. The number of likely N-dealkylation sites (N-methyl/N-ethyl adjacent to an activating group) is 1. The molecule has 0 aromatic heterocycles. The van der Waals surface area contributed by atoms with Crippen LogP contribution in [-0.2, 0) is 0 Å². The summed E-state index contributed by atoms with van der Waals surface area (Å²) >= 11 is 0. The lowest BCUT2D eigenvalue weighted by Gasteiger charge is -2.45. The fourth-order valence-corrected chi connectivity index (χ4v) is 3.30. The molecular weight excluding hydrogens is 220 g/mol. The molecule has 1 aliphatic rings. The van der Waals surface area contributed by atoms with Gasteiger partial charge in [-0.2, -0.15) is 0 Å². The number of nitrogens with one attached hydrogen (secondary N) is 1. The zero-order valence-electron chi connectivity index (χ0n) is 13.3. The van der Waals surface area contributed by atoms with Crippen LogP contribution in [0.5, 0.6) is 0 Å². The minimum Gasteiger partial charge on any atom is -0.312 e. The Morgan fingerprint density at radius 1 is 1.11 bits per heavy atom. The molecule has 1 aliphatic heterocycles. The van der Waals surface area contributed by atoms with Crippen molar-refractivity contribution < 1.29 is 0 Å². The fraction of sp³-hybridized carbons (Fsp3) is 1.00. The first kappa shape index (κ1) is 16.0. The van der Waals surface area contributed by atoms with Crippen LogP contribution in [0.4, 0.5) is 0 Å². The van der Waals surface area contributed by atoms with Gasteiger partial charge in [0, 0.05) is 11.6 Å². The lowest BCUT2D eigenvalue weighted by molar-refractivity contribution is 0.0785. The highest BCUT2D eigenvalue weighted by Crippen LogP contribution is 2.30. The van der Waals surface area contributed by atoms with Crippen LogP contribution in [0.3, 0.4) is 0 Å². The minimum atomic E-state index is 0.349. The molecule has 1 heterocycles. The van der Waals surface area contributed by atoms with Gasteiger partial charge in [-0.1, -0.05) is 27.7 Å². The van der Waals surface area contributed by atoms with Gasteiger partial charge in [-0.25, -0.2) is 0 Å². The molecule has 18 heavy (non-hydrogen) atoms. The van der Waals surface area contributed by atoms with Gasteiger partial charge in [0.15, 0.2) is 0 Å². The van der Waals surface area contributed by atoms with Crippen LogP contribution >= 0.6 is 0 Å². The van der Waals surface area contributed by atoms with E-state index < -0.39 is 0 Å². The van der Waals surface area contributed by atoms with E-state index in [1.165, 1.54) is 45.2 Å². The van der Waals surface area contributed by atoms with Gasteiger partial charge in [0.25, 0.3) is 0 Å². The summed E-state index contributed by atoms with van der Waals surface area (Å²) < 4.78 is 0. The molecule has 2 heteroatoms. The van der Waals surface area contributed by atoms with Gasteiger partial charge < -0.3 is 5.32 Å². The minimum absolute atomic E-state index is 0.349. The summed E-state index contributed by atoms with van der Waals surface area (Å²) in [5.74, 6) is 0.811. The highest BCUT2D eigenvalue weighted by atomic mass is 15.2. The molecular formula is C16H34N2. The molecule has 108 valence electrons. The molecule has 0 amide bonds. The normalized spacial score (nSPS) is 22.3. The summed E-state index contributed by atoms with van der Waals surface area (Å²) in [4.78, 5) is 2.74. The van der Waals surface area contributed by atoms with Crippen LogP contribution in [0.15, 0.2) is 0 Å². The topological polar surface area (TPSA) is 15.3 Å². The summed E-state index contributed by atoms with van der Waals surface area (Å²) in [7, 11) is 0. The van der Waals surface area contributed by atoms with Crippen molar-refractivity contribution in [2.75, 3.05) is 19.6 Å². The highest BCUT2D eigenvalue weighted by molar-refractivity contribution is 4.97. The molecule has 2 atom stereocenters. The standard InChI is InChI=1S/C16H34N2/c1-6-16(5,18-12-8-9-13-18)15(17-7-2)11-10-14(3)4/h14-15,17H,6-13H2,1-5H3. The average Bonchev–Trinajstić information content (AvgIpc) is 2.87. The lowest BCUT2D eigenvalue weighted by atomic mass is 9.83. The van der Waals surface area contributed by atoms with Crippen LogP contribution in [0.25, 0.3) is 0 Å². The van der Waals surface area contributed by atoms with Crippen LogP contribution in [-0.4, -0.2) is 36.1 Å². The van der Waals surface area contributed by atoms with Crippen molar-refractivity contribution >= 4 is 0 Å². The molecule has 0 saturated carbocycles. The first-order valence-electron chi connectivity index (χ1n) is 8.03. The maximum atomic E-state index is 3.76. The molecule has 1 fully saturated rings. The van der Waals surface area contributed by atoms with E-state index in [1.807, 2.05) is 0 Å². The average molecular weight is 254 g/mol. The van der Waals surface area contributed by atoms with E-state index >= 15 is 0 Å². The predicted molar refractivity (Wildman–Crippen MR) is 81.0 cm³/mol. The molecule has 0 aliphatic carbocycles. The molecule has 2 nitrogen and oxygen atoms in total. The quantitative estimate of drug-likeness (QED) is 0.711. The Hall–Kier alpha value is -0.0800. The Kier molecular flexibility index (Phi) is 6.65. The van der Waals surface area contributed by atoms with Crippen molar-refractivity contribution in [3.8, 4) is 0 Å². The second-order valence-electron chi connectivity index (χ2n) is 6.49. The predicted octanol–water partition coefficient (Wildman–Crippen LogP) is 3.67. The smallest absolute Gasteiger partial charge is 0.0331 e. The maximum absolute atomic E-state index is 3.76. The number of likely N-dealkylation sites (tertiary alicyclic amines) is 1. The molecule has 1 N–H and O–H groups in total. The zero-order valence-corrected chi connectivity index (χ0v) is 13.3. The molecule has 0 spiro atoms. The largest absolute Gasteiger partial charge is 0.312 e. The summed E-state index contributed by atoms with van der Waals surface area (Å²) in [6.07, 6.45) is 6.67. The first-order valence-corrected chi connectivity index (χ1v) is 8.03. The fourth-order valence-electron chi connectivity index (χ4n) is 3.30. The summed E-state index contributed by atoms with van der Waals surface area (Å²) in [5, 5.41) is 3.76. The SMILES string of the molecule is CCNC(CCC(C)C)C(C)(CC)N1CCCC1. The van der Waals surface area contributed by atoms with Crippen LogP contribution < -0.4 is 5.32 Å². The molecule has 0 bridgehead atoms. The Morgan fingerprint density at radius 3 is 2.17 bits per heavy atom. The van der Waals surface area contributed by atoms with Crippen LogP contribution in [0, 0.1) is 5.92 Å². The molecule has 1 rings (SSSR count). The molecule has 2 unspecified atom stereocenters. The van der Waals surface area contributed by atoms with Gasteiger partial charge in [-0.05, 0) is 64.6 Å². The number of hydrogen-bond acceptors (Lipinski definition) is 2. The van der Waals surface area contributed by atoms with Gasteiger partial charge in [0.1, 0.15) is 0 Å². The van der Waals surface area contributed by atoms with Crippen LogP contribution in [0.1, 0.15) is 66.7 Å². The van der Waals surface area contributed by atoms with Crippen LogP contribution in [0.2, 0.25) is 0 Å². The second kappa shape index (κ2) is 7.49. The van der Waals surface area contributed by atoms with E-state index in [4.69, 9.17) is 0 Å². The molecule has 0 aromatic carbocycles. The van der Waals surface area contributed by atoms with Crippen molar-refractivity contribution in [1.29, 1.82) is 0 Å². The third-order valence-electron chi connectivity index (χ3n) is 4.78. The monoisotopic (exact) mass is 254 g/mol. The Bertz CT molecular complexity index is 221. The summed E-state index contributed by atoms with van der Waals surface area (Å²) in [5.41, 5.74) is 0.349. The third-order valence-corrected chi connectivity index (χ3v) is 4.78. The van der Waals surface area contributed by atoms with E-state index in [2.05, 4.69) is 44.8 Å². The van der Waals surface area contributed by atoms with E-state index in [9.17, 15) is 0 Å². The molecule has 0 radical (unpaired) electrons. The van der Waals surface area contributed by atoms with Gasteiger partial charge in [0.05, 0.1) is 0 Å². The van der Waals surface area contributed by atoms with Gasteiger partial charge in [-0.3, -0.25) is 4.90 Å². The highest BCUT2D eigenvalue weighted by Gasteiger charge is 2.38. The van der Waals surface area contributed by atoms with Crippen molar-refractivity contribution in [2.24, 2.45) is 5.92 Å². The maximum Gasteiger partial charge on any atom is 0.0331 e. The van der Waals surface area contributed by atoms with Gasteiger partial charge >= 0.3 is 0 Å². The Morgan fingerprint density at radius 2 is 1.72 bits per heavy atom. The van der Waals surface area contributed by atoms with Crippen molar-refractivity contribution in [2.45, 2.75) is 78.3 Å². The molecule has 0 aromatic rings. The number of hydrogen-bond donors (Lipinski definition) is 1. The van der Waals surface area contributed by atoms with Crippen molar-refractivity contribution in [3.63, 3.8) is 0 Å². The van der Waals surface area contributed by atoms with E-state index in [1.54, 1.807) is 0 Å². The lowest BCUT2D eigenvalue weighted by Crippen LogP contribution is -2.58. The summed E-state index contributed by atoms with van der Waals surface area (Å²) in [6, 6.07) is 0.646. The zero-order chi connectivity index (χ0) is 13.6. The number of nitrogens with zero attached hydrogens (tertiary/aromatic N) is 1. The van der Waals surface area contributed by atoms with Crippen molar-refractivity contribution in [1.82, 2.24) is 10.2 Å². The number of rotatable bonds is 8. The van der Waals surface area contributed by atoms with E-state index in [-0.39, 0.29) is 0 Å².